The lowest BCUT2D eigenvalue weighted by molar-refractivity contribution is 0.0692. The molecule has 3 N–H and O–H groups in total. The third-order valence-corrected chi connectivity index (χ3v) is 2.65. The number of benzene rings is 1. The largest absolute Gasteiger partial charge is 0.476 e. The summed E-state index contributed by atoms with van der Waals surface area (Å²) >= 11 is 0. The summed E-state index contributed by atoms with van der Waals surface area (Å²) in [5.41, 5.74) is 1.51. The number of anilines is 2. The summed E-state index contributed by atoms with van der Waals surface area (Å²) in [6.45, 7) is 1.86. The molecule has 1 aromatic heterocycles. The maximum atomic E-state index is 11.9. The first kappa shape index (κ1) is 13.5. The van der Waals surface area contributed by atoms with E-state index < -0.39 is 12.0 Å². The first-order valence-corrected chi connectivity index (χ1v) is 5.90. The number of carbonyl (C=O) groups is 2. The zero-order chi connectivity index (χ0) is 14.5. The Bertz CT molecular complexity index is 656. The molecule has 2 amide bonds. The van der Waals surface area contributed by atoms with Gasteiger partial charge in [-0.05, 0) is 30.7 Å². The van der Waals surface area contributed by atoms with Gasteiger partial charge in [-0.1, -0.05) is 18.2 Å². The zero-order valence-electron chi connectivity index (χ0n) is 10.8. The molecule has 0 saturated carbocycles. The summed E-state index contributed by atoms with van der Waals surface area (Å²) < 4.78 is 0. The van der Waals surface area contributed by atoms with Gasteiger partial charge in [0.05, 0.1) is 5.69 Å². The predicted molar refractivity (Wildman–Crippen MR) is 75.0 cm³/mol. The topological polar surface area (TPSA) is 91.3 Å². The molecule has 0 aliphatic carbocycles. The van der Waals surface area contributed by atoms with Gasteiger partial charge in [0.1, 0.15) is 0 Å². The SMILES string of the molecule is Cc1ccccc1NC(=O)Nc1cccnc1C(=O)O. The molecule has 0 atom stereocenters. The number of aryl methyl sites for hydroxylation is 1. The van der Waals surface area contributed by atoms with Crippen LogP contribution in [0, 0.1) is 6.92 Å². The highest BCUT2D eigenvalue weighted by Gasteiger charge is 2.13. The summed E-state index contributed by atoms with van der Waals surface area (Å²) in [7, 11) is 0. The minimum Gasteiger partial charge on any atom is -0.476 e. The molecular weight excluding hydrogens is 258 g/mol. The Kier molecular flexibility index (Phi) is 3.95. The van der Waals surface area contributed by atoms with Crippen LogP contribution in [0.15, 0.2) is 42.6 Å². The van der Waals surface area contributed by atoms with Crippen molar-refractivity contribution in [1.29, 1.82) is 0 Å². The lowest BCUT2D eigenvalue weighted by Gasteiger charge is -2.10. The van der Waals surface area contributed by atoms with Crippen molar-refractivity contribution < 1.29 is 14.7 Å². The highest BCUT2D eigenvalue weighted by atomic mass is 16.4. The molecule has 6 nitrogen and oxygen atoms in total. The predicted octanol–water partition coefficient (Wildman–Crippen LogP) is 2.73. The average molecular weight is 271 g/mol. The van der Waals surface area contributed by atoms with Crippen LogP contribution in [0.1, 0.15) is 16.1 Å². The van der Waals surface area contributed by atoms with Crippen LogP contribution < -0.4 is 10.6 Å². The Morgan fingerprint density at radius 3 is 2.40 bits per heavy atom. The normalized spacial score (nSPS) is 9.85. The number of para-hydroxylation sites is 1. The van der Waals surface area contributed by atoms with Crippen LogP contribution in [0.25, 0.3) is 0 Å². The smallest absolute Gasteiger partial charge is 0.356 e. The van der Waals surface area contributed by atoms with E-state index in [1.54, 1.807) is 18.2 Å². The van der Waals surface area contributed by atoms with Gasteiger partial charge in [-0.3, -0.25) is 0 Å². The van der Waals surface area contributed by atoms with Gasteiger partial charge < -0.3 is 15.7 Å². The molecule has 6 heteroatoms. The number of urea groups is 1. The van der Waals surface area contributed by atoms with Crippen LogP contribution in [0.2, 0.25) is 0 Å². The third kappa shape index (κ3) is 3.11. The molecule has 0 radical (unpaired) electrons. The standard InChI is InChI=1S/C14H13N3O3/c1-9-5-2-3-6-10(9)16-14(20)17-11-7-4-8-15-12(11)13(18)19/h2-8H,1H3,(H,18,19)(H2,16,17,20). The van der Waals surface area contributed by atoms with Crippen LogP contribution in [0.5, 0.6) is 0 Å². The molecule has 2 aromatic rings. The minimum absolute atomic E-state index is 0.145. The Morgan fingerprint density at radius 2 is 1.70 bits per heavy atom. The first-order valence-electron chi connectivity index (χ1n) is 5.90. The summed E-state index contributed by atoms with van der Waals surface area (Å²) in [6.07, 6.45) is 1.36. The van der Waals surface area contributed by atoms with E-state index in [4.69, 9.17) is 5.11 Å². The second kappa shape index (κ2) is 5.83. The molecular formula is C14H13N3O3. The Labute approximate surface area is 115 Å². The summed E-state index contributed by atoms with van der Waals surface area (Å²) in [5, 5.41) is 14.1. The molecule has 0 fully saturated rings. The van der Waals surface area contributed by atoms with Crippen molar-refractivity contribution in [3.05, 3.63) is 53.9 Å². The highest BCUT2D eigenvalue weighted by Crippen LogP contribution is 2.15. The highest BCUT2D eigenvalue weighted by molar-refractivity contribution is 6.04. The van der Waals surface area contributed by atoms with E-state index in [0.717, 1.165) is 5.56 Å². The molecule has 0 aliphatic rings. The van der Waals surface area contributed by atoms with Gasteiger partial charge in [-0.15, -0.1) is 0 Å². The van der Waals surface area contributed by atoms with Crippen LogP contribution in [-0.2, 0) is 0 Å². The van der Waals surface area contributed by atoms with Gasteiger partial charge in [-0.2, -0.15) is 0 Å². The summed E-state index contributed by atoms with van der Waals surface area (Å²) in [4.78, 5) is 26.6. The summed E-state index contributed by atoms with van der Waals surface area (Å²) in [5.74, 6) is -1.20. The van der Waals surface area contributed by atoms with Crippen molar-refractivity contribution in [2.45, 2.75) is 6.92 Å². The van der Waals surface area contributed by atoms with Gasteiger partial charge in [0.15, 0.2) is 5.69 Å². The molecule has 0 aliphatic heterocycles. The van der Waals surface area contributed by atoms with Gasteiger partial charge in [0, 0.05) is 11.9 Å². The van der Waals surface area contributed by atoms with Crippen LogP contribution in [0.3, 0.4) is 0 Å². The zero-order valence-corrected chi connectivity index (χ0v) is 10.8. The number of aromatic carboxylic acids is 1. The van der Waals surface area contributed by atoms with E-state index in [1.165, 1.54) is 12.3 Å². The average Bonchev–Trinajstić information content (AvgIpc) is 2.41. The number of aromatic nitrogens is 1. The number of nitrogens with one attached hydrogen (secondary N) is 2. The van der Waals surface area contributed by atoms with Crippen molar-refractivity contribution in [3.8, 4) is 0 Å². The molecule has 1 aromatic carbocycles. The molecule has 0 bridgehead atoms. The molecule has 0 spiro atoms. The molecule has 1 heterocycles. The molecule has 2 rings (SSSR count). The van der Waals surface area contributed by atoms with E-state index in [-0.39, 0.29) is 11.4 Å². The van der Waals surface area contributed by atoms with E-state index in [0.29, 0.717) is 5.69 Å². The number of hydrogen-bond donors (Lipinski definition) is 3. The number of amides is 2. The number of nitrogens with zero attached hydrogens (tertiary/aromatic N) is 1. The van der Waals surface area contributed by atoms with E-state index in [9.17, 15) is 9.59 Å². The second-order valence-electron chi connectivity index (χ2n) is 4.10. The van der Waals surface area contributed by atoms with E-state index in [1.807, 2.05) is 19.1 Å². The minimum atomic E-state index is -1.20. The molecule has 0 saturated heterocycles. The van der Waals surface area contributed by atoms with Crippen LogP contribution in [-0.4, -0.2) is 22.1 Å². The quantitative estimate of drug-likeness (QED) is 0.800. The maximum Gasteiger partial charge on any atom is 0.356 e. The Balaban J connectivity index is 2.13. The molecule has 0 unspecified atom stereocenters. The van der Waals surface area contributed by atoms with Crippen molar-refractivity contribution in [3.63, 3.8) is 0 Å². The fourth-order valence-corrected chi connectivity index (χ4v) is 1.67. The number of pyridine rings is 1. The van der Waals surface area contributed by atoms with Gasteiger partial charge in [0.2, 0.25) is 0 Å². The van der Waals surface area contributed by atoms with Crippen molar-refractivity contribution >= 4 is 23.4 Å². The van der Waals surface area contributed by atoms with E-state index in [2.05, 4.69) is 15.6 Å². The Hall–Kier alpha value is -2.89. The molecule has 102 valence electrons. The second-order valence-corrected chi connectivity index (χ2v) is 4.10. The third-order valence-electron chi connectivity index (χ3n) is 2.65. The number of hydrogen-bond acceptors (Lipinski definition) is 3. The van der Waals surface area contributed by atoms with Crippen molar-refractivity contribution in [1.82, 2.24) is 4.98 Å². The van der Waals surface area contributed by atoms with E-state index >= 15 is 0 Å². The number of carboxylic acids is 1. The Morgan fingerprint density at radius 1 is 1.05 bits per heavy atom. The lowest BCUT2D eigenvalue weighted by Crippen LogP contribution is -2.21. The fourth-order valence-electron chi connectivity index (χ4n) is 1.67. The summed E-state index contributed by atoms with van der Waals surface area (Å²) in [6, 6.07) is 9.80. The molecule has 20 heavy (non-hydrogen) atoms. The van der Waals surface area contributed by atoms with Gasteiger partial charge in [0.25, 0.3) is 0 Å². The lowest BCUT2D eigenvalue weighted by atomic mass is 10.2. The van der Waals surface area contributed by atoms with Gasteiger partial charge >= 0.3 is 12.0 Å². The number of carboxylic acid groups (broad SMARTS) is 1. The van der Waals surface area contributed by atoms with Crippen molar-refractivity contribution in [2.24, 2.45) is 0 Å². The first-order chi connectivity index (χ1) is 9.58. The van der Waals surface area contributed by atoms with Gasteiger partial charge in [-0.25, -0.2) is 14.6 Å². The number of rotatable bonds is 3. The van der Waals surface area contributed by atoms with Crippen LogP contribution >= 0.6 is 0 Å². The number of carbonyl (C=O) groups excluding carboxylic acids is 1. The maximum absolute atomic E-state index is 11.9. The van der Waals surface area contributed by atoms with Crippen LogP contribution in [0.4, 0.5) is 16.2 Å². The van der Waals surface area contributed by atoms with Crippen molar-refractivity contribution in [2.75, 3.05) is 10.6 Å². The fraction of sp³-hybridized carbons (Fsp3) is 0.0714. The monoisotopic (exact) mass is 271 g/mol.